The predicted octanol–water partition coefficient (Wildman–Crippen LogP) is 1.15. The van der Waals surface area contributed by atoms with Gasteiger partial charge in [0.05, 0.1) is 11.9 Å². The highest BCUT2D eigenvalue weighted by Crippen LogP contribution is 2.25. The van der Waals surface area contributed by atoms with E-state index in [1.54, 1.807) is 19.4 Å². The highest BCUT2D eigenvalue weighted by molar-refractivity contribution is 7.18. The number of rotatable bonds is 2. The third-order valence-electron chi connectivity index (χ3n) is 3.43. The SMILES string of the molecule is Cc1sc2nc(Cn3ccn(C)c3=O)[nH]c(=O)c2c1C. The fourth-order valence-corrected chi connectivity index (χ4v) is 3.22. The summed E-state index contributed by atoms with van der Waals surface area (Å²) in [6, 6.07) is 0. The minimum atomic E-state index is -0.143. The second-order valence-corrected chi connectivity index (χ2v) is 6.00. The third kappa shape index (κ3) is 1.90. The fraction of sp³-hybridized carbons (Fsp3) is 0.308. The number of thiophene rings is 1. The predicted molar refractivity (Wildman–Crippen MR) is 78.5 cm³/mol. The van der Waals surface area contributed by atoms with Gasteiger partial charge in [0, 0.05) is 24.3 Å². The van der Waals surface area contributed by atoms with Crippen molar-refractivity contribution in [2.45, 2.75) is 20.4 Å². The van der Waals surface area contributed by atoms with E-state index in [1.807, 2.05) is 13.8 Å². The van der Waals surface area contributed by atoms with Gasteiger partial charge in [-0.1, -0.05) is 0 Å². The zero-order valence-corrected chi connectivity index (χ0v) is 12.2. The van der Waals surface area contributed by atoms with Crippen LogP contribution in [0.3, 0.4) is 0 Å². The molecule has 0 amide bonds. The molecule has 7 heteroatoms. The van der Waals surface area contributed by atoms with Gasteiger partial charge in [-0.25, -0.2) is 9.78 Å². The maximum atomic E-state index is 12.1. The molecule has 104 valence electrons. The lowest BCUT2D eigenvalue weighted by atomic mass is 10.2. The molecule has 0 radical (unpaired) electrons. The third-order valence-corrected chi connectivity index (χ3v) is 4.53. The number of imidazole rings is 1. The number of hydrogen-bond donors (Lipinski definition) is 1. The minimum Gasteiger partial charge on any atom is -0.308 e. The quantitative estimate of drug-likeness (QED) is 0.769. The Morgan fingerprint density at radius 3 is 2.70 bits per heavy atom. The highest BCUT2D eigenvalue weighted by Gasteiger charge is 2.12. The lowest BCUT2D eigenvalue weighted by Crippen LogP contribution is -2.24. The van der Waals surface area contributed by atoms with Crippen LogP contribution in [0, 0.1) is 13.8 Å². The molecule has 0 aliphatic heterocycles. The first-order chi connectivity index (χ1) is 9.47. The van der Waals surface area contributed by atoms with Crippen LogP contribution in [0.2, 0.25) is 0 Å². The topological polar surface area (TPSA) is 72.7 Å². The van der Waals surface area contributed by atoms with Gasteiger partial charge < -0.3 is 9.55 Å². The molecular formula is C13H14N4O2S. The van der Waals surface area contributed by atoms with Gasteiger partial charge >= 0.3 is 5.69 Å². The van der Waals surface area contributed by atoms with Gasteiger partial charge in [0.1, 0.15) is 10.7 Å². The summed E-state index contributed by atoms with van der Waals surface area (Å²) in [6.45, 7) is 4.16. The van der Waals surface area contributed by atoms with Gasteiger partial charge in [0.25, 0.3) is 5.56 Å². The summed E-state index contributed by atoms with van der Waals surface area (Å²) in [5.74, 6) is 0.497. The van der Waals surface area contributed by atoms with Gasteiger partial charge in [0.2, 0.25) is 0 Å². The van der Waals surface area contributed by atoms with Crippen LogP contribution in [-0.4, -0.2) is 19.1 Å². The van der Waals surface area contributed by atoms with Crippen molar-refractivity contribution in [3.8, 4) is 0 Å². The molecule has 1 N–H and O–H groups in total. The molecule has 0 aliphatic rings. The number of fused-ring (bicyclic) bond motifs is 1. The molecule has 0 saturated heterocycles. The maximum Gasteiger partial charge on any atom is 0.328 e. The Balaban J connectivity index is 2.12. The lowest BCUT2D eigenvalue weighted by molar-refractivity contribution is 0.688. The van der Waals surface area contributed by atoms with Crippen LogP contribution in [-0.2, 0) is 13.6 Å². The van der Waals surface area contributed by atoms with E-state index < -0.39 is 0 Å². The van der Waals surface area contributed by atoms with Gasteiger partial charge in [0.15, 0.2) is 0 Å². The molecule has 0 aromatic carbocycles. The molecule has 0 fully saturated rings. The van der Waals surface area contributed by atoms with Gasteiger partial charge in [-0.15, -0.1) is 11.3 Å². The minimum absolute atomic E-state index is 0.133. The van der Waals surface area contributed by atoms with E-state index in [1.165, 1.54) is 20.5 Å². The summed E-state index contributed by atoms with van der Waals surface area (Å²) in [5.41, 5.74) is 0.698. The average Bonchev–Trinajstić information content (AvgIpc) is 2.84. The van der Waals surface area contributed by atoms with Gasteiger partial charge in [-0.3, -0.25) is 9.36 Å². The Bertz CT molecular complexity index is 913. The van der Waals surface area contributed by atoms with Crippen molar-refractivity contribution in [1.29, 1.82) is 0 Å². The van der Waals surface area contributed by atoms with E-state index in [9.17, 15) is 9.59 Å². The van der Waals surface area contributed by atoms with E-state index in [4.69, 9.17) is 0 Å². The van der Waals surface area contributed by atoms with Crippen LogP contribution in [0.15, 0.2) is 22.0 Å². The molecule has 0 bridgehead atoms. The Morgan fingerprint density at radius 1 is 1.30 bits per heavy atom. The van der Waals surface area contributed by atoms with Crippen molar-refractivity contribution in [2.75, 3.05) is 0 Å². The van der Waals surface area contributed by atoms with Crippen molar-refractivity contribution in [1.82, 2.24) is 19.1 Å². The largest absolute Gasteiger partial charge is 0.328 e. The summed E-state index contributed by atoms with van der Waals surface area (Å²) in [7, 11) is 1.68. The van der Waals surface area contributed by atoms with Crippen molar-refractivity contribution >= 4 is 21.6 Å². The van der Waals surface area contributed by atoms with Crippen molar-refractivity contribution in [3.05, 3.63) is 49.5 Å². The molecule has 3 rings (SSSR count). The number of hydrogen-bond acceptors (Lipinski definition) is 4. The Hall–Kier alpha value is -2.15. The van der Waals surface area contributed by atoms with E-state index >= 15 is 0 Å². The number of nitrogens with one attached hydrogen (secondary N) is 1. The summed E-state index contributed by atoms with van der Waals surface area (Å²) < 4.78 is 2.99. The Morgan fingerprint density at radius 2 is 2.05 bits per heavy atom. The van der Waals surface area contributed by atoms with Crippen LogP contribution in [0.1, 0.15) is 16.3 Å². The van der Waals surface area contributed by atoms with Crippen LogP contribution < -0.4 is 11.2 Å². The summed E-state index contributed by atoms with van der Waals surface area (Å²) in [4.78, 5) is 33.0. The molecular weight excluding hydrogens is 276 g/mol. The van der Waals surface area contributed by atoms with Crippen LogP contribution in [0.25, 0.3) is 10.2 Å². The number of H-pyrrole nitrogens is 1. The van der Waals surface area contributed by atoms with E-state index in [-0.39, 0.29) is 17.8 Å². The summed E-state index contributed by atoms with van der Waals surface area (Å²) in [5, 5.41) is 0.650. The van der Waals surface area contributed by atoms with E-state index in [2.05, 4.69) is 9.97 Å². The van der Waals surface area contributed by atoms with Crippen molar-refractivity contribution in [3.63, 3.8) is 0 Å². The second-order valence-electron chi connectivity index (χ2n) is 4.80. The molecule has 0 spiro atoms. The number of aromatic nitrogens is 4. The molecule has 3 aromatic rings. The van der Waals surface area contributed by atoms with Crippen LogP contribution in [0.5, 0.6) is 0 Å². The van der Waals surface area contributed by atoms with E-state index in [0.29, 0.717) is 11.2 Å². The molecule has 0 atom stereocenters. The fourth-order valence-electron chi connectivity index (χ4n) is 2.17. The zero-order valence-electron chi connectivity index (χ0n) is 11.4. The first-order valence-corrected chi connectivity index (χ1v) is 6.99. The molecule has 0 aliphatic carbocycles. The molecule has 3 aromatic heterocycles. The van der Waals surface area contributed by atoms with Gasteiger partial charge in [-0.2, -0.15) is 0 Å². The number of aryl methyl sites for hydroxylation is 3. The highest BCUT2D eigenvalue weighted by atomic mass is 32.1. The first-order valence-electron chi connectivity index (χ1n) is 6.18. The monoisotopic (exact) mass is 290 g/mol. The molecule has 0 unspecified atom stereocenters. The second kappa shape index (κ2) is 4.45. The van der Waals surface area contributed by atoms with Gasteiger partial charge in [-0.05, 0) is 19.4 Å². The van der Waals surface area contributed by atoms with Crippen LogP contribution in [0.4, 0.5) is 0 Å². The van der Waals surface area contributed by atoms with E-state index in [0.717, 1.165) is 15.3 Å². The van der Waals surface area contributed by atoms with Crippen LogP contribution >= 0.6 is 11.3 Å². The number of aromatic amines is 1. The first kappa shape index (κ1) is 12.9. The standard InChI is InChI=1S/C13H14N4O2S/c1-7-8(2)20-12-10(7)11(18)14-9(15-12)6-17-5-4-16(3)13(17)19/h4-5H,6H2,1-3H3,(H,14,15,18). The van der Waals surface area contributed by atoms with Crippen molar-refractivity contribution in [2.24, 2.45) is 7.05 Å². The molecule has 3 heterocycles. The normalized spacial score (nSPS) is 11.3. The zero-order chi connectivity index (χ0) is 14.4. The molecule has 0 saturated carbocycles. The average molecular weight is 290 g/mol. The maximum absolute atomic E-state index is 12.1. The molecule has 20 heavy (non-hydrogen) atoms. The summed E-state index contributed by atoms with van der Waals surface area (Å²) >= 11 is 1.50. The molecule has 6 nitrogen and oxygen atoms in total. The summed E-state index contributed by atoms with van der Waals surface area (Å²) in [6.07, 6.45) is 3.36. The lowest BCUT2D eigenvalue weighted by Gasteiger charge is -2.01. The Kier molecular flexibility index (Phi) is 2.86. The Labute approximate surface area is 118 Å². The number of nitrogens with zero attached hydrogens (tertiary/aromatic N) is 3. The van der Waals surface area contributed by atoms with Crippen molar-refractivity contribution < 1.29 is 0 Å². The smallest absolute Gasteiger partial charge is 0.308 e.